The Hall–Kier alpha value is -8.14. The Morgan fingerprint density at radius 2 is 0.934 bits per heavy atom. The van der Waals surface area contributed by atoms with Crippen LogP contribution in [-0.4, -0.2) is 4.57 Å². The number of aromatic nitrogens is 1. The molecule has 0 N–H and O–H groups in total. The monoisotopic (exact) mass is 778 g/mol. The molecule has 2 heterocycles. The second-order valence-electron chi connectivity index (χ2n) is 15.7. The van der Waals surface area contributed by atoms with E-state index in [0.29, 0.717) is 0 Å². The lowest BCUT2D eigenvalue weighted by Crippen LogP contribution is -2.10. The van der Waals surface area contributed by atoms with Gasteiger partial charge in [0.25, 0.3) is 0 Å². The third kappa shape index (κ3) is 5.82. The molecule has 0 aliphatic carbocycles. The normalized spacial score (nSPS) is 11.6. The van der Waals surface area contributed by atoms with Gasteiger partial charge in [-0.25, -0.2) is 0 Å². The lowest BCUT2D eigenvalue weighted by molar-refractivity contribution is 0.673. The Labute approximate surface area is 353 Å². The van der Waals surface area contributed by atoms with Gasteiger partial charge < -0.3 is 13.9 Å². The van der Waals surface area contributed by atoms with Crippen molar-refractivity contribution < 1.29 is 4.42 Å². The molecule has 0 saturated heterocycles. The van der Waals surface area contributed by atoms with Crippen LogP contribution in [0.5, 0.6) is 0 Å². The predicted molar refractivity (Wildman–Crippen MR) is 257 cm³/mol. The summed E-state index contributed by atoms with van der Waals surface area (Å²) in [6.45, 7) is 0. The van der Waals surface area contributed by atoms with E-state index in [1.165, 1.54) is 43.9 Å². The first-order valence-electron chi connectivity index (χ1n) is 20.8. The molecule has 0 amide bonds. The zero-order valence-electron chi connectivity index (χ0n) is 33.2. The molecule has 12 aromatic rings. The highest BCUT2D eigenvalue weighted by Crippen LogP contribution is 2.44. The molecule has 10 aromatic carbocycles. The quantitative estimate of drug-likeness (QED) is 0.161. The summed E-state index contributed by atoms with van der Waals surface area (Å²) >= 11 is 0. The van der Waals surface area contributed by atoms with Gasteiger partial charge in [0.15, 0.2) is 0 Å². The molecule has 286 valence electrons. The van der Waals surface area contributed by atoms with E-state index in [1.807, 2.05) is 0 Å². The molecule has 61 heavy (non-hydrogen) atoms. The van der Waals surface area contributed by atoms with Crippen molar-refractivity contribution in [1.29, 1.82) is 0 Å². The second kappa shape index (κ2) is 14.3. The van der Waals surface area contributed by atoms with Gasteiger partial charge in [-0.05, 0) is 112 Å². The van der Waals surface area contributed by atoms with Gasteiger partial charge in [-0.15, -0.1) is 0 Å². The zero-order chi connectivity index (χ0) is 40.3. The minimum absolute atomic E-state index is 0.895. The summed E-state index contributed by atoms with van der Waals surface area (Å²) in [6, 6.07) is 82.8. The number of hydrogen-bond acceptors (Lipinski definition) is 2. The van der Waals surface area contributed by atoms with Crippen LogP contribution in [-0.2, 0) is 0 Å². The average molecular weight is 779 g/mol. The van der Waals surface area contributed by atoms with Crippen molar-refractivity contribution in [1.82, 2.24) is 4.57 Å². The first-order chi connectivity index (χ1) is 30.3. The van der Waals surface area contributed by atoms with E-state index in [0.717, 1.165) is 66.8 Å². The fourth-order valence-corrected chi connectivity index (χ4v) is 9.39. The van der Waals surface area contributed by atoms with Gasteiger partial charge in [-0.3, -0.25) is 0 Å². The van der Waals surface area contributed by atoms with Gasteiger partial charge in [-0.2, -0.15) is 0 Å². The third-order valence-electron chi connectivity index (χ3n) is 12.2. The Balaban J connectivity index is 1.000. The van der Waals surface area contributed by atoms with E-state index in [-0.39, 0.29) is 0 Å². The number of furan rings is 1. The summed E-state index contributed by atoms with van der Waals surface area (Å²) < 4.78 is 8.94. The van der Waals surface area contributed by atoms with Crippen molar-refractivity contribution in [3.63, 3.8) is 0 Å². The molecule has 0 spiro atoms. The largest absolute Gasteiger partial charge is 0.455 e. The van der Waals surface area contributed by atoms with E-state index in [4.69, 9.17) is 4.42 Å². The molecular formula is C58H38N2O. The standard InChI is InChI=1S/C58H38N2O/c1-3-14-39(15-4-1)40-28-33-45(34-29-40)59(46-35-30-42(31-36-46)48-24-13-27-55-57(48)52-37-32-41-16-7-8-21-50(41)58(52)61-55)47-20-11-17-43(38-47)49-23-12-26-54-56(49)51-22-9-10-25-53(51)60(54)44-18-5-2-6-19-44/h1-38H. The van der Waals surface area contributed by atoms with Gasteiger partial charge in [-0.1, -0.05) is 158 Å². The number of hydrogen-bond donors (Lipinski definition) is 0. The third-order valence-corrected chi connectivity index (χ3v) is 12.2. The lowest BCUT2D eigenvalue weighted by atomic mass is 9.97. The van der Waals surface area contributed by atoms with Crippen LogP contribution in [0, 0.1) is 0 Å². The predicted octanol–water partition coefficient (Wildman–Crippen LogP) is 16.3. The van der Waals surface area contributed by atoms with E-state index in [1.54, 1.807) is 0 Å². The van der Waals surface area contributed by atoms with Crippen LogP contribution in [0.2, 0.25) is 0 Å². The van der Waals surface area contributed by atoms with E-state index >= 15 is 0 Å². The van der Waals surface area contributed by atoms with Crippen LogP contribution in [0.4, 0.5) is 17.1 Å². The number of fused-ring (bicyclic) bond motifs is 8. The molecule has 0 aliphatic rings. The Bertz CT molecular complexity index is 3560. The number of para-hydroxylation sites is 2. The van der Waals surface area contributed by atoms with Gasteiger partial charge in [0.2, 0.25) is 0 Å². The zero-order valence-corrected chi connectivity index (χ0v) is 33.2. The summed E-state index contributed by atoms with van der Waals surface area (Å²) in [5, 5.41) is 7.06. The van der Waals surface area contributed by atoms with Gasteiger partial charge >= 0.3 is 0 Å². The summed E-state index contributed by atoms with van der Waals surface area (Å²) in [5.41, 5.74) is 15.6. The van der Waals surface area contributed by atoms with Crippen molar-refractivity contribution in [3.05, 3.63) is 231 Å². The van der Waals surface area contributed by atoms with Crippen LogP contribution >= 0.6 is 0 Å². The summed E-state index contributed by atoms with van der Waals surface area (Å²) in [4.78, 5) is 2.37. The highest BCUT2D eigenvalue weighted by atomic mass is 16.3. The van der Waals surface area contributed by atoms with Crippen molar-refractivity contribution in [2.45, 2.75) is 0 Å². The summed E-state index contributed by atoms with van der Waals surface area (Å²) in [7, 11) is 0. The van der Waals surface area contributed by atoms with Crippen LogP contribution in [0.15, 0.2) is 235 Å². The highest BCUT2D eigenvalue weighted by Gasteiger charge is 2.20. The first-order valence-corrected chi connectivity index (χ1v) is 20.8. The topological polar surface area (TPSA) is 21.3 Å². The Morgan fingerprint density at radius 1 is 0.344 bits per heavy atom. The summed E-state index contributed by atoms with van der Waals surface area (Å²) in [5.74, 6) is 0. The minimum Gasteiger partial charge on any atom is -0.455 e. The highest BCUT2D eigenvalue weighted by molar-refractivity contribution is 6.19. The van der Waals surface area contributed by atoms with Crippen LogP contribution < -0.4 is 4.90 Å². The second-order valence-corrected chi connectivity index (χ2v) is 15.7. The van der Waals surface area contributed by atoms with Crippen molar-refractivity contribution >= 4 is 71.6 Å². The SMILES string of the molecule is c1ccc(-c2ccc(N(c3ccc(-c4cccc5oc6c7ccccc7ccc6c45)cc3)c3cccc(-c4cccc5c4c4ccccc4n5-c4ccccc4)c3)cc2)cc1. The van der Waals surface area contributed by atoms with Crippen molar-refractivity contribution in [2.75, 3.05) is 4.90 Å². The van der Waals surface area contributed by atoms with Crippen LogP contribution in [0.25, 0.3) is 93.6 Å². The number of anilines is 3. The summed E-state index contributed by atoms with van der Waals surface area (Å²) in [6.07, 6.45) is 0. The number of nitrogens with zero attached hydrogens (tertiary/aromatic N) is 2. The van der Waals surface area contributed by atoms with Gasteiger partial charge in [0.1, 0.15) is 11.2 Å². The molecular weight excluding hydrogens is 741 g/mol. The van der Waals surface area contributed by atoms with E-state index in [9.17, 15) is 0 Å². The average Bonchev–Trinajstić information content (AvgIpc) is 3.89. The fourth-order valence-electron chi connectivity index (χ4n) is 9.39. The van der Waals surface area contributed by atoms with Crippen LogP contribution in [0.3, 0.4) is 0 Å². The molecule has 3 heteroatoms. The number of benzene rings is 10. The molecule has 0 unspecified atom stereocenters. The first kappa shape index (κ1) is 34.9. The number of rotatable bonds is 7. The lowest BCUT2D eigenvalue weighted by Gasteiger charge is -2.26. The van der Waals surface area contributed by atoms with Crippen molar-refractivity contribution in [3.8, 4) is 39.1 Å². The molecule has 3 nitrogen and oxygen atoms in total. The van der Waals surface area contributed by atoms with Crippen LogP contribution in [0.1, 0.15) is 0 Å². The molecule has 0 radical (unpaired) electrons. The molecule has 0 fully saturated rings. The fraction of sp³-hybridized carbons (Fsp3) is 0. The molecule has 0 aliphatic heterocycles. The Kier molecular flexibility index (Phi) is 8.17. The van der Waals surface area contributed by atoms with Gasteiger partial charge in [0, 0.05) is 49.7 Å². The molecule has 0 bridgehead atoms. The van der Waals surface area contributed by atoms with E-state index in [2.05, 4.69) is 240 Å². The molecule has 2 aromatic heterocycles. The van der Waals surface area contributed by atoms with Gasteiger partial charge in [0.05, 0.1) is 11.0 Å². The Morgan fingerprint density at radius 3 is 1.72 bits per heavy atom. The molecule has 0 atom stereocenters. The maximum atomic E-state index is 6.56. The maximum Gasteiger partial charge on any atom is 0.143 e. The minimum atomic E-state index is 0.895. The molecule has 12 rings (SSSR count). The smallest absolute Gasteiger partial charge is 0.143 e. The van der Waals surface area contributed by atoms with Crippen molar-refractivity contribution in [2.24, 2.45) is 0 Å². The maximum absolute atomic E-state index is 6.56. The van der Waals surface area contributed by atoms with E-state index < -0.39 is 0 Å². The molecule has 0 saturated carbocycles.